The van der Waals surface area contributed by atoms with Crippen LogP contribution in [0.4, 0.5) is 0 Å². The lowest BCUT2D eigenvalue weighted by molar-refractivity contribution is 0.296. The van der Waals surface area contributed by atoms with Gasteiger partial charge in [-0.1, -0.05) is 32.1 Å². The lowest BCUT2D eigenvalue weighted by Gasteiger charge is -2.13. The molecule has 1 rings (SSSR count). The molecule has 1 N–H and O–H groups in total. The smallest absolute Gasteiger partial charge is 0.161 e. The minimum Gasteiger partial charge on any atom is -0.490 e. The highest BCUT2D eigenvalue weighted by Crippen LogP contribution is 2.28. The third-order valence-electron chi connectivity index (χ3n) is 2.76. The summed E-state index contributed by atoms with van der Waals surface area (Å²) in [5.74, 6) is 2.28. The van der Waals surface area contributed by atoms with E-state index in [9.17, 15) is 0 Å². The van der Waals surface area contributed by atoms with Crippen molar-refractivity contribution >= 4 is 0 Å². The Kier molecular flexibility index (Phi) is 7.81. The summed E-state index contributed by atoms with van der Waals surface area (Å²) in [7, 11) is 0. The van der Waals surface area contributed by atoms with E-state index in [1.54, 1.807) is 0 Å². The fourth-order valence-corrected chi connectivity index (χ4v) is 1.79. The van der Waals surface area contributed by atoms with Crippen LogP contribution in [0, 0.1) is 5.92 Å². The molecule has 3 nitrogen and oxygen atoms in total. The summed E-state index contributed by atoms with van der Waals surface area (Å²) in [6, 6.07) is 6.13. The van der Waals surface area contributed by atoms with Gasteiger partial charge in [0.25, 0.3) is 0 Å². The topological polar surface area (TPSA) is 30.5 Å². The summed E-state index contributed by atoms with van der Waals surface area (Å²) in [6.45, 7) is 11.5. The van der Waals surface area contributed by atoms with Crippen molar-refractivity contribution in [3.63, 3.8) is 0 Å². The molecule has 0 unspecified atom stereocenters. The summed E-state index contributed by atoms with van der Waals surface area (Å²) >= 11 is 0. The van der Waals surface area contributed by atoms with E-state index in [1.807, 2.05) is 32.1 Å². The van der Waals surface area contributed by atoms with Crippen molar-refractivity contribution in [1.82, 2.24) is 5.32 Å². The molecule has 1 aromatic rings. The molecule has 0 aromatic heterocycles. The molecule has 0 amide bonds. The first kappa shape index (κ1) is 16.6. The fourth-order valence-electron chi connectivity index (χ4n) is 1.79. The van der Waals surface area contributed by atoms with E-state index >= 15 is 0 Å². The Labute approximate surface area is 123 Å². The van der Waals surface area contributed by atoms with Crippen LogP contribution in [0.1, 0.15) is 33.3 Å². The minimum absolute atomic E-state index is 0.571. The Morgan fingerprint density at radius 3 is 2.65 bits per heavy atom. The maximum atomic E-state index is 5.70. The summed E-state index contributed by atoms with van der Waals surface area (Å²) in [5, 5.41) is 3.43. The lowest BCUT2D eigenvalue weighted by Crippen LogP contribution is -2.19. The Hall–Kier alpha value is -1.48. The quantitative estimate of drug-likeness (QED) is 0.697. The number of hydrogen-bond acceptors (Lipinski definition) is 3. The molecule has 1 aromatic carbocycles. The second-order valence-electron chi connectivity index (χ2n) is 5.12. The van der Waals surface area contributed by atoms with E-state index in [1.165, 1.54) is 5.56 Å². The van der Waals surface area contributed by atoms with Gasteiger partial charge in [-0.3, -0.25) is 0 Å². The third-order valence-corrected chi connectivity index (χ3v) is 2.76. The monoisotopic (exact) mass is 277 g/mol. The van der Waals surface area contributed by atoms with Crippen LogP contribution < -0.4 is 14.8 Å². The number of rotatable bonds is 9. The molecule has 0 radical (unpaired) electrons. The molecule has 0 heterocycles. The number of hydrogen-bond donors (Lipinski definition) is 1. The van der Waals surface area contributed by atoms with Gasteiger partial charge in [0, 0.05) is 6.54 Å². The van der Waals surface area contributed by atoms with Crippen molar-refractivity contribution in [2.45, 2.75) is 34.2 Å². The summed E-state index contributed by atoms with van der Waals surface area (Å²) in [6.07, 6.45) is 3.96. The average Bonchev–Trinajstić information content (AvgIpc) is 2.41. The molecule has 0 fully saturated rings. The number of benzene rings is 1. The van der Waals surface area contributed by atoms with Crippen LogP contribution in [0.3, 0.4) is 0 Å². The number of ether oxygens (including phenoxy) is 2. The zero-order valence-corrected chi connectivity index (χ0v) is 13.1. The van der Waals surface area contributed by atoms with Gasteiger partial charge < -0.3 is 14.8 Å². The van der Waals surface area contributed by atoms with Crippen molar-refractivity contribution in [2.75, 3.05) is 19.8 Å². The van der Waals surface area contributed by atoms with Crippen molar-refractivity contribution < 1.29 is 9.47 Å². The van der Waals surface area contributed by atoms with Gasteiger partial charge in [-0.15, -0.1) is 0 Å². The summed E-state index contributed by atoms with van der Waals surface area (Å²) < 4.78 is 11.4. The molecule has 0 aliphatic rings. The van der Waals surface area contributed by atoms with Crippen LogP contribution in [-0.4, -0.2) is 19.8 Å². The van der Waals surface area contributed by atoms with Crippen LogP contribution in [0.5, 0.6) is 11.5 Å². The Bertz CT molecular complexity index is 413. The van der Waals surface area contributed by atoms with Crippen LogP contribution in [-0.2, 0) is 6.54 Å². The van der Waals surface area contributed by atoms with Crippen molar-refractivity contribution in [3.8, 4) is 11.5 Å². The van der Waals surface area contributed by atoms with Crippen LogP contribution in [0.2, 0.25) is 0 Å². The summed E-state index contributed by atoms with van der Waals surface area (Å²) in [4.78, 5) is 0. The van der Waals surface area contributed by atoms with Crippen molar-refractivity contribution in [1.29, 1.82) is 0 Å². The van der Waals surface area contributed by atoms with E-state index in [0.29, 0.717) is 19.1 Å². The maximum Gasteiger partial charge on any atom is 0.161 e. The van der Waals surface area contributed by atoms with Gasteiger partial charge >= 0.3 is 0 Å². The highest BCUT2D eigenvalue weighted by molar-refractivity contribution is 5.43. The predicted octanol–water partition coefficient (Wildman–Crippen LogP) is 3.79. The first-order valence-electron chi connectivity index (χ1n) is 7.37. The normalized spacial score (nSPS) is 11.2. The Morgan fingerprint density at radius 1 is 1.20 bits per heavy atom. The van der Waals surface area contributed by atoms with E-state index < -0.39 is 0 Å². The molecule has 0 aliphatic heterocycles. The molecule has 112 valence electrons. The Balaban J connectivity index is 2.67. The highest BCUT2D eigenvalue weighted by Gasteiger charge is 2.06. The molecule has 0 aliphatic carbocycles. The molecular formula is C17H27NO2. The predicted molar refractivity (Wildman–Crippen MR) is 84.5 cm³/mol. The molecule has 0 spiro atoms. The van der Waals surface area contributed by atoms with Crippen LogP contribution >= 0.6 is 0 Å². The second kappa shape index (κ2) is 9.43. The molecule has 0 bridgehead atoms. The van der Waals surface area contributed by atoms with Crippen LogP contribution in [0.15, 0.2) is 30.4 Å². The van der Waals surface area contributed by atoms with Gasteiger partial charge in [0.2, 0.25) is 0 Å². The highest BCUT2D eigenvalue weighted by atomic mass is 16.5. The molecule has 0 atom stereocenters. The van der Waals surface area contributed by atoms with Gasteiger partial charge in [0.15, 0.2) is 11.5 Å². The van der Waals surface area contributed by atoms with Gasteiger partial charge in [-0.05, 0) is 44.0 Å². The summed E-state index contributed by atoms with van der Waals surface area (Å²) in [5.41, 5.74) is 1.22. The molecule has 0 saturated carbocycles. The average molecular weight is 277 g/mol. The van der Waals surface area contributed by atoms with Crippen molar-refractivity contribution in [3.05, 3.63) is 35.9 Å². The zero-order valence-electron chi connectivity index (χ0n) is 13.1. The standard InChI is InChI=1S/C17H27NO2/c1-5-7-10-20-16-9-8-15(11-17(16)19-6-2)13-18-12-14(3)4/h5,7-9,11,14,18H,6,10,12-13H2,1-4H3. The lowest BCUT2D eigenvalue weighted by atomic mass is 10.2. The van der Waals surface area contributed by atoms with E-state index in [-0.39, 0.29) is 0 Å². The van der Waals surface area contributed by atoms with Gasteiger partial charge in [0.05, 0.1) is 6.61 Å². The third kappa shape index (κ3) is 6.11. The number of allylic oxidation sites excluding steroid dienone is 1. The second-order valence-corrected chi connectivity index (χ2v) is 5.12. The molecule has 3 heteroatoms. The number of nitrogens with one attached hydrogen (secondary N) is 1. The first-order chi connectivity index (χ1) is 9.67. The minimum atomic E-state index is 0.571. The fraction of sp³-hybridized carbons (Fsp3) is 0.529. The Morgan fingerprint density at radius 2 is 2.00 bits per heavy atom. The van der Waals surface area contributed by atoms with Gasteiger partial charge in [0.1, 0.15) is 6.61 Å². The largest absolute Gasteiger partial charge is 0.490 e. The van der Waals surface area contributed by atoms with E-state index in [2.05, 4.69) is 31.3 Å². The molecule has 20 heavy (non-hydrogen) atoms. The first-order valence-corrected chi connectivity index (χ1v) is 7.37. The van der Waals surface area contributed by atoms with Gasteiger partial charge in [-0.25, -0.2) is 0 Å². The van der Waals surface area contributed by atoms with E-state index in [4.69, 9.17) is 9.47 Å². The van der Waals surface area contributed by atoms with Crippen molar-refractivity contribution in [2.24, 2.45) is 5.92 Å². The van der Waals surface area contributed by atoms with Gasteiger partial charge in [-0.2, -0.15) is 0 Å². The molecule has 0 saturated heterocycles. The SMILES string of the molecule is CC=CCOc1ccc(CNCC(C)C)cc1OCC. The zero-order chi connectivity index (χ0) is 14.8. The van der Waals surface area contributed by atoms with Crippen LogP contribution in [0.25, 0.3) is 0 Å². The maximum absolute atomic E-state index is 5.70. The van der Waals surface area contributed by atoms with E-state index in [0.717, 1.165) is 24.6 Å². The molecular weight excluding hydrogens is 250 g/mol.